The van der Waals surface area contributed by atoms with Crippen molar-refractivity contribution >= 4 is 21.7 Å². The number of likely N-dealkylation sites (N-methyl/N-ethyl adjacent to an activating group) is 1. The molecule has 2 atom stereocenters. The van der Waals surface area contributed by atoms with Crippen LogP contribution in [0.25, 0.3) is 0 Å². The zero-order valence-corrected chi connectivity index (χ0v) is 11.0. The molecule has 1 aliphatic rings. The summed E-state index contributed by atoms with van der Waals surface area (Å²) in [6.45, 7) is 0. The van der Waals surface area contributed by atoms with Crippen molar-refractivity contribution in [2.75, 3.05) is 11.9 Å². The minimum absolute atomic E-state index is 0.211. The van der Waals surface area contributed by atoms with Crippen molar-refractivity contribution in [2.24, 2.45) is 0 Å². The Morgan fingerprint density at radius 3 is 2.75 bits per heavy atom. The van der Waals surface area contributed by atoms with Gasteiger partial charge in [-0.25, -0.2) is 4.98 Å². The molecule has 1 fully saturated rings. The lowest BCUT2D eigenvalue weighted by Crippen LogP contribution is -2.43. The smallest absolute Gasteiger partial charge is 0.128 e. The third-order valence-electron chi connectivity index (χ3n) is 3.26. The van der Waals surface area contributed by atoms with Crippen LogP contribution in [0.4, 0.5) is 5.82 Å². The molecule has 88 valence electrons. The van der Waals surface area contributed by atoms with Crippen LogP contribution in [0, 0.1) is 0 Å². The van der Waals surface area contributed by atoms with E-state index >= 15 is 0 Å². The summed E-state index contributed by atoms with van der Waals surface area (Å²) in [6.07, 6.45) is 5.87. The number of hydrogen-bond acceptors (Lipinski definition) is 3. The molecule has 0 radical (unpaired) electrons. The standard InChI is InChI=1S/C12H17BrN2O/c1-15(10-4-2-3-5-11(10)16)12-7-6-9(13)8-14-12/h6-8,10-11,16H,2-5H2,1H3. The van der Waals surface area contributed by atoms with Gasteiger partial charge >= 0.3 is 0 Å². The Bertz CT molecular complexity index is 341. The van der Waals surface area contributed by atoms with Crippen LogP contribution in [0.3, 0.4) is 0 Å². The van der Waals surface area contributed by atoms with Crippen molar-refractivity contribution < 1.29 is 5.11 Å². The maximum Gasteiger partial charge on any atom is 0.128 e. The molecule has 0 saturated heterocycles. The zero-order valence-electron chi connectivity index (χ0n) is 9.43. The second-order valence-electron chi connectivity index (χ2n) is 4.36. The first kappa shape index (κ1) is 11.9. The number of rotatable bonds is 2. The fraction of sp³-hybridized carbons (Fsp3) is 0.583. The number of aliphatic hydroxyl groups is 1. The van der Waals surface area contributed by atoms with Crippen LogP contribution in [-0.2, 0) is 0 Å². The molecule has 1 aliphatic carbocycles. The van der Waals surface area contributed by atoms with Crippen LogP contribution in [0.1, 0.15) is 25.7 Å². The highest BCUT2D eigenvalue weighted by atomic mass is 79.9. The van der Waals surface area contributed by atoms with Gasteiger partial charge in [0.1, 0.15) is 5.82 Å². The molecular weight excluding hydrogens is 268 g/mol. The number of aromatic nitrogens is 1. The molecule has 1 N–H and O–H groups in total. The summed E-state index contributed by atoms with van der Waals surface area (Å²) >= 11 is 3.37. The van der Waals surface area contributed by atoms with Crippen molar-refractivity contribution in [1.82, 2.24) is 4.98 Å². The van der Waals surface area contributed by atoms with E-state index in [1.54, 1.807) is 6.20 Å². The average Bonchev–Trinajstić information content (AvgIpc) is 2.30. The maximum absolute atomic E-state index is 9.98. The molecule has 2 rings (SSSR count). The van der Waals surface area contributed by atoms with E-state index in [4.69, 9.17) is 0 Å². The molecule has 1 heterocycles. The summed E-state index contributed by atoms with van der Waals surface area (Å²) in [5.41, 5.74) is 0. The van der Waals surface area contributed by atoms with E-state index in [2.05, 4.69) is 25.8 Å². The third kappa shape index (κ3) is 2.55. The number of aliphatic hydroxyl groups excluding tert-OH is 1. The molecule has 4 heteroatoms. The van der Waals surface area contributed by atoms with Crippen LogP contribution >= 0.6 is 15.9 Å². The molecule has 2 unspecified atom stereocenters. The second-order valence-corrected chi connectivity index (χ2v) is 5.28. The van der Waals surface area contributed by atoms with E-state index in [-0.39, 0.29) is 12.1 Å². The first-order valence-electron chi connectivity index (χ1n) is 5.71. The highest BCUT2D eigenvalue weighted by molar-refractivity contribution is 9.10. The number of halogens is 1. The normalized spacial score (nSPS) is 25.4. The molecular formula is C12H17BrN2O. The summed E-state index contributed by atoms with van der Waals surface area (Å²) in [6, 6.07) is 4.17. The Morgan fingerprint density at radius 2 is 2.12 bits per heavy atom. The summed E-state index contributed by atoms with van der Waals surface area (Å²) < 4.78 is 0.980. The topological polar surface area (TPSA) is 36.4 Å². The molecule has 1 saturated carbocycles. The first-order valence-corrected chi connectivity index (χ1v) is 6.50. The summed E-state index contributed by atoms with van der Waals surface area (Å²) in [4.78, 5) is 6.45. The molecule has 16 heavy (non-hydrogen) atoms. The van der Waals surface area contributed by atoms with Crippen molar-refractivity contribution in [3.63, 3.8) is 0 Å². The number of nitrogens with zero attached hydrogens (tertiary/aromatic N) is 2. The van der Waals surface area contributed by atoms with E-state index in [1.165, 1.54) is 6.42 Å². The zero-order chi connectivity index (χ0) is 11.5. The summed E-state index contributed by atoms with van der Waals surface area (Å²) in [5, 5.41) is 9.98. The Kier molecular flexibility index (Phi) is 3.82. The van der Waals surface area contributed by atoms with Crippen LogP contribution in [-0.4, -0.2) is 29.3 Å². The van der Waals surface area contributed by atoms with Crippen molar-refractivity contribution in [1.29, 1.82) is 0 Å². The lowest BCUT2D eigenvalue weighted by atomic mass is 9.91. The molecule has 3 nitrogen and oxygen atoms in total. The Balaban J connectivity index is 2.11. The van der Waals surface area contributed by atoms with Crippen LogP contribution in [0.15, 0.2) is 22.8 Å². The van der Waals surface area contributed by atoms with Gasteiger partial charge < -0.3 is 10.0 Å². The van der Waals surface area contributed by atoms with E-state index in [0.29, 0.717) is 0 Å². The van der Waals surface area contributed by atoms with Crippen LogP contribution < -0.4 is 4.90 Å². The quantitative estimate of drug-likeness (QED) is 0.907. The lowest BCUT2D eigenvalue weighted by Gasteiger charge is -2.35. The highest BCUT2D eigenvalue weighted by Crippen LogP contribution is 2.25. The lowest BCUT2D eigenvalue weighted by molar-refractivity contribution is 0.106. The van der Waals surface area contributed by atoms with E-state index < -0.39 is 0 Å². The minimum Gasteiger partial charge on any atom is -0.391 e. The van der Waals surface area contributed by atoms with Crippen molar-refractivity contribution in [3.8, 4) is 0 Å². The molecule has 0 aliphatic heterocycles. The van der Waals surface area contributed by atoms with Gasteiger partial charge in [-0.05, 0) is 40.9 Å². The van der Waals surface area contributed by atoms with E-state index in [1.807, 2.05) is 19.2 Å². The first-order chi connectivity index (χ1) is 7.68. The van der Waals surface area contributed by atoms with Crippen LogP contribution in [0.2, 0.25) is 0 Å². The van der Waals surface area contributed by atoms with Gasteiger partial charge in [0.15, 0.2) is 0 Å². The van der Waals surface area contributed by atoms with Gasteiger partial charge in [-0.15, -0.1) is 0 Å². The predicted octanol–water partition coefficient (Wildman–Crippen LogP) is 2.58. The van der Waals surface area contributed by atoms with Crippen LogP contribution in [0.5, 0.6) is 0 Å². The number of hydrogen-bond donors (Lipinski definition) is 1. The van der Waals surface area contributed by atoms with Crippen molar-refractivity contribution in [2.45, 2.75) is 37.8 Å². The SMILES string of the molecule is CN(c1ccc(Br)cn1)C1CCCCC1O. The minimum atomic E-state index is -0.218. The van der Waals surface area contributed by atoms with Gasteiger partial charge in [0.05, 0.1) is 12.1 Å². The molecule has 1 aromatic rings. The van der Waals surface area contributed by atoms with E-state index in [0.717, 1.165) is 29.6 Å². The predicted molar refractivity (Wildman–Crippen MR) is 68.6 cm³/mol. The van der Waals surface area contributed by atoms with Gasteiger partial charge in [-0.3, -0.25) is 0 Å². The molecule has 1 aromatic heterocycles. The molecule has 0 aromatic carbocycles. The van der Waals surface area contributed by atoms with Gasteiger partial charge in [-0.2, -0.15) is 0 Å². The summed E-state index contributed by atoms with van der Waals surface area (Å²) in [5.74, 6) is 0.925. The largest absolute Gasteiger partial charge is 0.391 e. The van der Waals surface area contributed by atoms with Gasteiger partial charge in [-0.1, -0.05) is 12.8 Å². The number of anilines is 1. The van der Waals surface area contributed by atoms with Crippen molar-refractivity contribution in [3.05, 3.63) is 22.8 Å². The molecule has 0 bridgehead atoms. The molecule has 0 spiro atoms. The number of pyridine rings is 1. The van der Waals surface area contributed by atoms with E-state index in [9.17, 15) is 5.11 Å². The Labute approximate surface area is 105 Å². The van der Waals surface area contributed by atoms with Gasteiger partial charge in [0, 0.05) is 17.7 Å². The average molecular weight is 285 g/mol. The Morgan fingerprint density at radius 1 is 1.38 bits per heavy atom. The maximum atomic E-state index is 9.98. The fourth-order valence-corrected chi connectivity index (χ4v) is 2.52. The summed E-state index contributed by atoms with van der Waals surface area (Å²) in [7, 11) is 2.01. The fourth-order valence-electron chi connectivity index (χ4n) is 2.29. The van der Waals surface area contributed by atoms with Gasteiger partial charge in [0.2, 0.25) is 0 Å². The van der Waals surface area contributed by atoms with Gasteiger partial charge in [0.25, 0.3) is 0 Å². The second kappa shape index (κ2) is 5.15. The Hall–Kier alpha value is -0.610. The highest BCUT2D eigenvalue weighted by Gasteiger charge is 2.27. The third-order valence-corrected chi connectivity index (χ3v) is 3.73. The molecule has 0 amide bonds. The monoisotopic (exact) mass is 284 g/mol.